The second kappa shape index (κ2) is 40.8. The van der Waals surface area contributed by atoms with Gasteiger partial charge in [-0.05, 0) is 192 Å². The second-order valence-corrected chi connectivity index (χ2v) is 24.0. The molecule has 18 N–H and O–H groups in total. The van der Waals surface area contributed by atoms with Gasteiger partial charge < -0.3 is 84.7 Å². The fourth-order valence-corrected chi connectivity index (χ4v) is 11.4. The molecule has 0 unspecified atom stereocenters. The van der Waals surface area contributed by atoms with Gasteiger partial charge in [0.25, 0.3) is 23.6 Å². The zero-order valence-electron chi connectivity index (χ0n) is 55.9. The Morgan fingerprint density at radius 3 is 1.17 bits per heavy atom. The zero-order valence-corrected chi connectivity index (χ0v) is 55.9. The SMILES string of the molecule is C.COc1ccc(CC(=O)[C@H](CCCCN)NC(=O)c2cc(CC(=O)[C@H](CCCCN)NC(=O)c3cc(CC(=O)[C@H](CCCCN)NC(=O)c4cc(CC(=O)[C@H](CCCCN)NC(=O)[C@@H](N)Cc5c[nH]c6ccccc56)ccc4OC)ccc3OC)ccc2OCC(=O)O)cc1C(N)=O. The molecule has 0 aliphatic rings. The summed E-state index contributed by atoms with van der Waals surface area (Å²) in [5, 5.41) is 21.8. The van der Waals surface area contributed by atoms with Gasteiger partial charge in [-0.15, -0.1) is 0 Å². The number of carboxylic acid groups (broad SMARTS) is 1. The minimum atomic E-state index is -1.34. The number of carboxylic acids is 1. The van der Waals surface area contributed by atoms with Crippen molar-refractivity contribution in [3.63, 3.8) is 0 Å². The maximum atomic E-state index is 14.5. The van der Waals surface area contributed by atoms with E-state index in [2.05, 4.69) is 26.3 Å². The Balaban J connectivity index is 0.0000177. The number of benzene rings is 5. The Kier molecular flexibility index (Phi) is 32.9. The average Bonchev–Trinajstić information content (AvgIpc) is 1.61. The van der Waals surface area contributed by atoms with E-state index in [1.165, 1.54) is 69.9 Å². The first-order chi connectivity index (χ1) is 47.1. The van der Waals surface area contributed by atoms with Crippen LogP contribution in [-0.4, -0.2) is 153 Å². The molecule has 0 aliphatic heterocycles. The summed E-state index contributed by atoms with van der Waals surface area (Å²) >= 11 is 0. The molecule has 6 rings (SSSR count). The quantitative estimate of drug-likeness (QED) is 0.0228. The van der Waals surface area contributed by atoms with Gasteiger partial charge in [0, 0.05) is 42.8 Å². The van der Waals surface area contributed by atoms with Crippen LogP contribution < -0.4 is 74.6 Å². The molecule has 0 saturated carbocycles. The minimum absolute atomic E-state index is 0. The summed E-state index contributed by atoms with van der Waals surface area (Å²) in [6.45, 7) is 0.478. The average molecular weight is 1370 g/mol. The van der Waals surface area contributed by atoms with Crippen LogP contribution in [0.2, 0.25) is 0 Å². The number of aliphatic carboxylic acids is 1. The topological polar surface area (TPSA) is 448 Å². The van der Waals surface area contributed by atoms with Gasteiger partial charge in [-0.2, -0.15) is 0 Å². The fourth-order valence-electron chi connectivity index (χ4n) is 11.4. The molecule has 5 atom stereocenters. The number of H-pyrrole nitrogens is 1. The number of rotatable bonds is 45. The van der Waals surface area contributed by atoms with Crippen LogP contribution in [0.5, 0.6) is 23.0 Å². The molecule has 5 amide bonds. The van der Waals surface area contributed by atoms with E-state index in [1.807, 2.05) is 30.5 Å². The summed E-state index contributed by atoms with van der Waals surface area (Å²) in [4.78, 5) is 141. The molecule has 0 fully saturated rings. The lowest BCUT2D eigenvalue weighted by Crippen LogP contribution is -2.49. The van der Waals surface area contributed by atoms with Crippen LogP contribution in [0.15, 0.2) is 103 Å². The van der Waals surface area contributed by atoms with E-state index in [4.69, 9.17) is 53.3 Å². The zero-order chi connectivity index (χ0) is 71.3. The normalized spacial score (nSPS) is 12.5. The highest BCUT2D eigenvalue weighted by atomic mass is 16.5. The van der Waals surface area contributed by atoms with Gasteiger partial charge in [0.05, 0.1) is 73.8 Å². The van der Waals surface area contributed by atoms with Gasteiger partial charge in [-0.3, -0.25) is 43.2 Å². The summed E-state index contributed by atoms with van der Waals surface area (Å²) in [7, 11) is 4.10. The van der Waals surface area contributed by atoms with Crippen LogP contribution in [-0.2, 0) is 60.9 Å². The maximum absolute atomic E-state index is 14.5. The molecule has 0 radical (unpaired) electrons. The number of nitrogens with one attached hydrogen (secondary N) is 5. The van der Waals surface area contributed by atoms with E-state index in [1.54, 1.807) is 24.3 Å². The third kappa shape index (κ3) is 24.0. The van der Waals surface area contributed by atoms with E-state index in [0.717, 1.165) is 16.5 Å². The van der Waals surface area contributed by atoms with E-state index in [0.29, 0.717) is 94.1 Å². The van der Waals surface area contributed by atoms with Crippen LogP contribution in [0.3, 0.4) is 0 Å². The molecule has 0 spiro atoms. The van der Waals surface area contributed by atoms with Crippen molar-refractivity contribution < 1.29 is 72.0 Å². The lowest BCUT2D eigenvalue weighted by atomic mass is 9.95. The number of primary amides is 1. The number of fused-ring (bicyclic) bond motifs is 1. The van der Waals surface area contributed by atoms with Gasteiger partial charge in [0.1, 0.15) is 23.0 Å². The summed E-state index contributed by atoms with van der Waals surface area (Å²) in [5.74, 6) is -6.12. The molecule has 534 valence electrons. The summed E-state index contributed by atoms with van der Waals surface area (Å²) < 4.78 is 22.0. The largest absolute Gasteiger partial charge is 0.496 e. The smallest absolute Gasteiger partial charge is 0.341 e. The standard InChI is InChI=1S/C72H93N11O15.CH4/c1-95-63-24-20-43(32-49(63)68(78)90)36-59(84)57(18-8-12-30-75)82-71(93)52-35-46(23-27-66(52)98-42-67(88)89)39-61(86)56(17-7-11-29-74)81-69(91)50-33-44(21-25-64(50)96-2)37-60(85)55(16-6-10-28-73)80-70(92)51-34-45(22-26-65(51)97-3)38-62(87)58(19-9-13-31-76)83-72(94)53(77)40-47-41-79-54-15-5-4-14-48(47)54;/h4-5,14-15,20-27,32-35,41,53,55-58,79H,6-13,16-19,28-31,36-40,42,73-77H2,1-3H3,(H2,78,90)(H,80,92)(H,81,91)(H,82,93)(H,83,94)(H,88,89);1H4/t53-,55-,56-,57-,58-;/m0./s1. The number of ketones is 4. The maximum Gasteiger partial charge on any atom is 0.341 e. The highest BCUT2D eigenvalue weighted by molar-refractivity contribution is 6.04. The molecular formula is C73H97N11O15. The predicted molar refractivity (Wildman–Crippen MR) is 376 cm³/mol. The van der Waals surface area contributed by atoms with Crippen molar-refractivity contribution in [3.8, 4) is 23.0 Å². The van der Waals surface area contributed by atoms with Crippen molar-refractivity contribution in [2.75, 3.05) is 54.1 Å². The van der Waals surface area contributed by atoms with Gasteiger partial charge in [-0.1, -0.05) is 49.9 Å². The summed E-state index contributed by atoms with van der Waals surface area (Å²) in [5.41, 5.74) is 38.4. The molecular weight excluding hydrogens is 1270 g/mol. The van der Waals surface area contributed by atoms with Crippen molar-refractivity contribution in [2.24, 2.45) is 34.4 Å². The number of methoxy groups -OCH3 is 3. The van der Waals surface area contributed by atoms with E-state index < -0.39 is 89.7 Å². The number of para-hydroxylation sites is 1. The van der Waals surface area contributed by atoms with Crippen LogP contribution in [0.1, 0.15) is 154 Å². The molecule has 0 saturated heterocycles. The number of hydrogen-bond donors (Lipinski definition) is 12. The molecule has 1 heterocycles. The molecule has 26 heteroatoms. The summed E-state index contributed by atoms with van der Waals surface area (Å²) in [6, 6.07) is 20.4. The predicted octanol–water partition coefficient (Wildman–Crippen LogP) is 4.81. The molecule has 99 heavy (non-hydrogen) atoms. The van der Waals surface area contributed by atoms with Crippen LogP contribution >= 0.6 is 0 Å². The van der Waals surface area contributed by atoms with Gasteiger partial charge in [0.2, 0.25) is 5.91 Å². The Morgan fingerprint density at radius 2 is 0.808 bits per heavy atom. The molecule has 1 aromatic heterocycles. The van der Waals surface area contributed by atoms with Crippen molar-refractivity contribution in [3.05, 3.63) is 153 Å². The first-order valence-corrected chi connectivity index (χ1v) is 32.9. The van der Waals surface area contributed by atoms with Crippen molar-refractivity contribution in [1.29, 1.82) is 0 Å². The number of hydrogen-bond acceptors (Lipinski definition) is 19. The number of aromatic nitrogens is 1. The molecule has 0 bridgehead atoms. The summed E-state index contributed by atoms with van der Waals surface area (Å²) in [6.07, 6.45) is 5.87. The number of amides is 5. The number of unbranched alkanes of at least 4 members (excludes halogenated alkanes) is 4. The Morgan fingerprint density at radius 1 is 0.465 bits per heavy atom. The monoisotopic (exact) mass is 1370 g/mol. The molecule has 26 nitrogen and oxygen atoms in total. The number of Topliss-reactive ketones (excluding diaryl/α,β-unsaturated/α-hetero) is 4. The number of carbonyl (C=O) groups excluding carboxylic acids is 9. The molecule has 5 aromatic carbocycles. The third-order valence-electron chi connectivity index (χ3n) is 16.7. The Labute approximate surface area is 577 Å². The van der Waals surface area contributed by atoms with Gasteiger partial charge >= 0.3 is 5.97 Å². The van der Waals surface area contributed by atoms with Crippen LogP contribution in [0, 0.1) is 0 Å². The first kappa shape index (κ1) is 79.8. The molecule has 6 aromatic rings. The number of carbonyl (C=O) groups is 10. The Bertz CT molecular complexity index is 3760. The fraction of sp³-hybridized carbons (Fsp3) is 0.425. The van der Waals surface area contributed by atoms with E-state index >= 15 is 0 Å². The van der Waals surface area contributed by atoms with E-state index in [-0.39, 0.29) is 122 Å². The molecule has 0 aliphatic carbocycles. The van der Waals surface area contributed by atoms with Crippen LogP contribution in [0.4, 0.5) is 0 Å². The lowest BCUT2D eigenvalue weighted by Gasteiger charge is -2.21. The van der Waals surface area contributed by atoms with Gasteiger partial charge in [0.15, 0.2) is 29.7 Å². The number of nitrogens with two attached hydrogens (primary N) is 6. The number of aromatic amines is 1. The number of ether oxygens (including phenoxy) is 4. The Hall–Kier alpha value is -9.86. The minimum Gasteiger partial charge on any atom is -0.496 e. The first-order valence-electron chi connectivity index (χ1n) is 32.9. The third-order valence-corrected chi connectivity index (χ3v) is 16.7. The van der Waals surface area contributed by atoms with Crippen LogP contribution in [0.25, 0.3) is 10.9 Å². The second-order valence-electron chi connectivity index (χ2n) is 24.0. The highest BCUT2D eigenvalue weighted by Gasteiger charge is 2.31. The van der Waals surface area contributed by atoms with Gasteiger partial charge in [-0.25, -0.2) is 4.79 Å². The highest BCUT2D eigenvalue weighted by Crippen LogP contribution is 2.28. The van der Waals surface area contributed by atoms with Crippen molar-refractivity contribution in [1.82, 2.24) is 26.3 Å². The van der Waals surface area contributed by atoms with Crippen molar-refractivity contribution >= 4 is 69.5 Å². The van der Waals surface area contributed by atoms with E-state index in [9.17, 15) is 53.1 Å². The van der Waals surface area contributed by atoms with Crippen molar-refractivity contribution in [2.45, 2.75) is 147 Å². The lowest BCUT2D eigenvalue weighted by molar-refractivity contribution is -0.139.